The normalized spacial score (nSPS) is 15.0. The van der Waals surface area contributed by atoms with Crippen LogP contribution in [-0.4, -0.2) is 50.7 Å². The van der Waals surface area contributed by atoms with Crippen LogP contribution in [0, 0.1) is 47.5 Å². The maximum Gasteiger partial charge on any atom is 0.177 e. The Morgan fingerprint density at radius 3 is 0.957 bits per heavy atom. The quantitative estimate of drug-likeness (QED) is 0.177. The van der Waals surface area contributed by atoms with Crippen LogP contribution in [0.5, 0.6) is 34.5 Å². The molecule has 0 fully saturated rings. The number of ether oxygens (including phenoxy) is 6. The van der Waals surface area contributed by atoms with E-state index in [9.17, 15) is 0 Å². The lowest BCUT2D eigenvalue weighted by atomic mass is 10.1. The van der Waals surface area contributed by atoms with Gasteiger partial charge in [0.05, 0.1) is 42.7 Å². The first-order chi connectivity index (χ1) is 21.7. The van der Waals surface area contributed by atoms with Crippen molar-refractivity contribution in [3.63, 3.8) is 0 Å². The van der Waals surface area contributed by atoms with Crippen molar-refractivity contribution in [3.8, 4) is 34.5 Å². The molecule has 6 nitrogen and oxygen atoms in total. The molecule has 0 aliphatic heterocycles. The highest BCUT2D eigenvalue weighted by Gasteiger charge is 2.52. The molecule has 3 aromatic rings. The van der Waals surface area contributed by atoms with Crippen molar-refractivity contribution in [3.05, 3.63) is 73.5 Å². The standard InChI is InChI=1S/C39H52O6Si/c1-20-21(2)29(10)39(28(20)9)46(33-17-30(40-11)36(43-14)25(6)22(33)3,34-18-31(41-12)37(44-15)26(7)23(34)4)35-19-32(42-13)38(45-16)27(8)24(35)5/h17-19,28H,1-16H3. The minimum Gasteiger partial charge on any atom is -0.493 e. The molecule has 0 radical (unpaired) electrons. The van der Waals surface area contributed by atoms with Gasteiger partial charge >= 0.3 is 0 Å². The van der Waals surface area contributed by atoms with E-state index in [0.717, 1.165) is 33.9 Å². The zero-order valence-electron chi connectivity index (χ0n) is 30.8. The van der Waals surface area contributed by atoms with Crippen LogP contribution >= 0.6 is 0 Å². The molecule has 1 aliphatic rings. The molecule has 0 aromatic heterocycles. The molecule has 46 heavy (non-hydrogen) atoms. The summed E-state index contributed by atoms with van der Waals surface area (Å²) in [5.74, 6) is 4.60. The number of methoxy groups -OCH3 is 6. The summed E-state index contributed by atoms with van der Waals surface area (Å²) in [6.07, 6.45) is 0. The highest BCUT2D eigenvalue weighted by atomic mass is 28.3. The number of benzene rings is 3. The fourth-order valence-electron chi connectivity index (χ4n) is 7.81. The summed E-state index contributed by atoms with van der Waals surface area (Å²) < 4.78 is 36.1. The Morgan fingerprint density at radius 1 is 0.435 bits per heavy atom. The van der Waals surface area contributed by atoms with Crippen LogP contribution in [-0.2, 0) is 0 Å². The SMILES string of the molecule is COc1cc([Si](C2=C(C)C(C)=C(C)C2C)(c2cc(OC)c(OC)c(C)c2C)c2cc(OC)c(OC)c(C)c2C)c(C)c(C)c1OC. The van der Waals surface area contributed by atoms with E-state index >= 15 is 0 Å². The average molecular weight is 645 g/mol. The van der Waals surface area contributed by atoms with Gasteiger partial charge in [0.2, 0.25) is 0 Å². The van der Waals surface area contributed by atoms with Gasteiger partial charge in [0.25, 0.3) is 0 Å². The van der Waals surface area contributed by atoms with Crippen LogP contribution in [0.25, 0.3) is 0 Å². The van der Waals surface area contributed by atoms with Crippen LogP contribution in [0.4, 0.5) is 0 Å². The van der Waals surface area contributed by atoms with Crippen molar-refractivity contribution in [1.82, 2.24) is 0 Å². The lowest BCUT2D eigenvalue weighted by molar-refractivity contribution is 0.352. The van der Waals surface area contributed by atoms with Crippen LogP contribution in [0.1, 0.15) is 61.1 Å². The third-order valence-corrected chi connectivity index (χ3v) is 16.5. The van der Waals surface area contributed by atoms with Crippen molar-refractivity contribution >= 4 is 23.6 Å². The van der Waals surface area contributed by atoms with Gasteiger partial charge in [-0.3, -0.25) is 0 Å². The van der Waals surface area contributed by atoms with E-state index in [1.54, 1.807) is 42.7 Å². The molecule has 0 N–H and O–H groups in total. The molecule has 1 unspecified atom stereocenters. The van der Waals surface area contributed by atoms with Crippen LogP contribution in [0.3, 0.4) is 0 Å². The first kappa shape index (κ1) is 35.0. The van der Waals surface area contributed by atoms with Gasteiger partial charge in [0, 0.05) is 0 Å². The van der Waals surface area contributed by atoms with E-state index in [1.165, 1.54) is 54.2 Å². The lowest BCUT2D eigenvalue weighted by Gasteiger charge is -2.42. The van der Waals surface area contributed by atoms with Crippen molar-refractivity contribution < 1.29 is 28.4 Å². The van der Waals surface area contributed by atoms with Crippen molar-refractivity contribution in [2.45, 2.75) is 69.2 Å². The van der Waals surface area contributed by atoms with Gasteiger partial charge in [0.1, 0.15) is 0 Å². The predicted molar refractivity (Wildman–Crippen MR) is 192 cm³/mol. The third-order valence-electron chi connectivity index (χ3n) is 10.9. The van der Waals surface area contributed by atoms with Crippen molar-refractivity contribution in [2.24, 2.45) is 5.92 Å². The molecule has 0 spiro atoms. The summed E-state index contributed by atoms with van der Waals surface area (Å²) in [6, 6.07) is 6.71. The largest absolute Gasteiger partial charge is 0.493 e. The molecule has 0 saturated heterocycles. The number of hydrogen-bond acceptors (Lipinski definition) is 6. The average Bonchev–Trinajstić information content (AvgIpc) is 3.24. The second-order valence-corrected chi connectivity index (χ2v) is 16.2. The Hall–Kier alpha value is -3.84. The van der Waals surface area contributed by atoms with E-state index in [0.29, 0.717) is 17.2 Å². The summed E-state index contributed by atoms with van der Waals surface area (Å²) in [4.78, 5) is 0. The topological polar surface area (TPSA) is 55.4 Å². The zero-order chi connectivity index (χ0) is 34.4. The molecule has 4 rings (SSSR count). The van der Waals surface area contributed by atoms with E-state index in [4.69, 9.17) is 28.4 Å². The van der Waals surface area contributed by atoms with E-state index < -0.39 is 8.07 Å². The maximum absolute atomic E-state index is 6.09. The summed E-state index contributed by atoms with van der Waals surface area (Å²) in [7, 11) is 7.03. The van der Waals surface area contributed by atoms with Crippen LogP contribution in [0.2, 0.25) is 0 Å². The van der Waals surface area contributed by atoms with Gasteiger partial charge in [-0.2, -0.15) is 0 Å². The Kier molecular flexibility index (Phi) is 9.98. The number of allylic oxidation sites excluding steroid dienone is 4. The lowest BCUT2D eigenvalue weighted by Crippen LogP contribution is -2.71. The minimum atomic E-state index is -3.25. The fraction of sp³-hybridized carbons (Fsp3) is 0.436. The molecule has 3 aromatic carbocycles. The molecule has 0 heterocycles. The van der Waals surface area contributed by atoms with E-state index in [2.05, 4.69) is 87.4 Å². The monoisotopic (exact) mass is 644 g/mol. The molecular formula is C39H52O6Si. The van der Waals surface area contributed by atoms with Gasteiger partial charge in [-0.15, -0.1) is 0 Å². The third kappa shape index (κ3) is 4.89. The number of rotatable bonds is 10. The molecule has 7 heteroatoms. The molecule has 0 bridgehead atoms. The molecule has 0 amide bonds. The van der Waals surface area contributed by atoms with Gasteiger partial charge in [-0.25, -0.2) is 0 Å². The molecule has 248 valence electrons. The minimum absolute atomic E-state index is 0.195. The Bertz CT molecular complexity index is 1600. The van der Waals surface area contributed by atoms with Gasteiger partial charge in [-0.1, -0.05) is 23.3 Å². The van der Waals surface area contributed by atoms with Gasteiger partial charge in [0.15, 0.2) is 42.6 Å². The molecule has 1 aliphatic carbocycles. The van der Waals surface area contributed by atoms with E-state index in [1.807, 2.05) is 0 Å². The predicted octanol–water partition coefficient (Wildman–Crippen LogP) is 6.90. The summed E-state index contributed by atoms with van der Waals surface area (Å²) >= 11 is 0. The molecular weight excluding hydrogens is 593 g/mol. The van der Waals surface area contributed by atoms with Gasteiger partial charge < -0.3 is 28.4 Å². The Balaban J connectivity index is 2.50. The maximum atomic E-state index is 6.09. The number of hydrogen-bond donors (Lipinski definition) is 0. The second kappa shape index (κ2) is 13.1. The van der Waals surface area contributed by atoms with Crippen LogP contribution < -0.4 is 44.0 Å². The second-order valence-electron chi connectivity index (χ2n) is 12.5. The van der Waals surface area contributed by atoms with Gasteiger partial charge in [-0.05, 0) is 141 Å². The molecule has 0 saturated carbocycles. The Morgan fingerprint density at radius 2 is 0.739 bits per heavy atom. The zero-order valence-corrected chi connectivity index (χ0v) is 31.8. The van der Waals surface area contributed by atoms with Crippen molar-refractivity contribution in [2.75, 3.05) is 42.7 Å². The first-order valence-electron chi connectivity index (χ1n) is 15.8. The fourth-order valence-corrected chi connectivity index (χ4v) is 14.5. The summed E-state index contributed by atoms with van der Waals surface area (Å²) in [6.45, 7) is 22.3. The first-order valence-corrected chi connectivity index (χ1v) is 17.8. The van der Waals surface area contributed by atoms with Crippen molar-refractivity contribution in [1.29, 1.82) is 0 Å². The van der Waals surface area contributed by atoms with E-state index in [-0.39, 0.29) is 5.92 Å². The van der Waals surface area contributed by atoms with Crippen LogP contribution in [0.15, 0.2) is 40.1 Å². The summed E-state index contributed by atoms with van der Waals surface area (Å²) in [5.41, 5.74) is 10.8. The molecule has 1 atom stereocenters. The summed E-state index contributed by atoms with van der Waals surface area (Å²) in [5, 5.41) is 5.18. The highest BCUT2D eigenvalue weighted by molar-refractivity contribution is 7.17. The Labute approximate surface area is 277 Å². The highest BCUT2D eigenvalue weighted by Crippen LogP contribution is 2.46. The smallest absolute Gasteiger partial charge is 0.177 e.